The molecule has 0 bridgehead atoms. The van der Waals surface area contributed by atoms with Gasteiger partial charge >= 0.3 is 5.97 Å². The zero-order valence-electron chi connectivity index (χ0n) is 9.98. The second-order valence-corrected chi connectivity index (χ2v) is 6.26. The van der Waals surface area contributed by atoms with Crippen LogP contribution < -0.4 is 0 Å². The molecule has 7 heteroatoms. The highest BCUT2D eigenvalue weighted by atomic mass is 32.2. The van der Waals surface area contributed by atoms with Gasteiger partial charge in [0, 0.05) is 13.1 Å². The van der Waals surface area contributed by atoms with E-state index in [2.05, 4.69) is 0 Å². The zero-order valence-corrected chi connectivity index (χ0v) is 10.8. The van der Waals surface area contributed by atoms with Gasteiger partial charge in [0.2, 0.25) is 10.0 Å². The van der Waals surface area contributed by atoms with Crippen LogP contribution in [0.3, 0.4) is 0 Å². The zero-order chi connectivity index (χ0) is 14.0. The molecule has 19 heavy (non-hydrogen) atoms. The summed E-state index contributed by atoms with van der Waals surface area (Å²) in [5.74, 6) is -1.62. The van der Waals surface area contributed by atoms with Gasteiger partial charge in [0.05, 0.1) is 22.4 Å². The van der Waals surface area contributed by atoms with E-state index in [0.717, 1.165) is 0 Å². The third-order valence-electron chi connectivity index (χ3n) is 3.12. The number of carboxylic acid groups (broad SMARTS) is 1. The fraction of sp³-hybridized carbons (Fsp3) is 0.333. The molecule has 0 spiro atoms. The number of hydrogen-bond donors (Lipinski definition) is 1. The molecule has 1 aliphatic heterocycles. The predicted molar refractivity (Wildman–Crippen MR) is 65.7 cm³/mol. The van der Waals surface area contributed by atoms with Crippen LogP contribution in [0.15, 0.2) is 29.2 Å². The molecule has 1 aromatic rings. The molecular formula is C12H12N2O4S. The first kappa shape index (κ1) is 13.5. The van der Waals surface area contributed by atoms with Crippen molar-refractivity contribution in [3.63, 3.8) is 0 Å². The van der Waals surface area contributed by atoms with Gasteiger partial charge in [-0.05, 0) is 30.7 Å². The fourth-order valence-electron chi connectivity index (χ4n) is 2.00. The summed E-state index contributed by atoms with van der Waals surface area (Å²) in [7, 11) is -3.67. The number of carbonyl (C=O) groups is 1. The van der Waals surface area contributed by atoms with Crippen LogP contribution in [0.25, 0.3) is 0 Å². The fourth-order valence-corrected chi connectivity index (χ4v) is 3.50. The van der Waals surface area contributed by atoms with Gasteiger partial charge in [0.15, 0.2) is 0 Å². The van der Waals surface area contributed by atoms with Gasteiger partial charge in [-0.25, -0.2) is 8.42 Å². The van der Waals surface area contributed by atoms with Crippen molar-refractivity contribution in [2.24, 2.45) is 5.92 Å². The molecule has 0 radical (unpaired) electrons. The summed E-state index contributed by atoms with van der Waals surface area (Å²) in [6.45, 7) is 0.205. The largest absolute Gasteiger partial charge is 0.481 e. The van der Waals surface area contributed by atoms with Crippen molar-refractivity contribution in [3.05, 3.63) is 29.8 Å². The molecule has 1 saturated heterocycles. The Morgan fingerprint density at radius 2 is 2.00 bits per heavy atom. The van der Waals surface area contributed by atoms with Crippen LogP contribution in [0.4, 0.5) is 0 Å². The number of nitrogens with zero attached hydrogens (tertiary/aromatic N) is 2. The first-order valence-electron chi connectivity index (χ1n) is 5.68. The smallest absolute Gasteiger partial charge is 0.307 e. The summed E-state index contributed by atoms with van der Waals surface area (Å²) in [5, 5.41) is 17.5. The molecule has 1 N–H and O–H groups in total. The molecule has 2 rings (SSSR count). The minimum Gasteiger partial charge on any atom is -0.481 e. The first-order valence-corrected chi connectivity index (χ1v) is 7.12. The minimum atomic E-state index is -3.67. The highest BCUT2D eigenvalue weighted by molar-refractivity contribution is 7.89. The highest BCUT2D eigenvalue weighted by Crippen LogP contribution is 2.24. The third kappa shape index (κ3) is 2.59. The van der Waals surface area contributed by atoms with Crippen molar-refractivity contribution in [2.75, 3.05) is 13.1 Å². The summed E-state index contributed by atoms with van der Waals surface area (Å²) in [5.41, 5.74) is 0.379. The molecule has 1 heterocycles. The molecule has 1 aromatic carbocycles. The number of benzene rings is 1. The second-order valence-electron chi connectivity index (χ2n) is 4.32. The number of sulfonamides is 1. The van der Waals surface area contributed by atoms with Gasteiger partial charge in [0.1, 0.15) is 0 Å². The van der Waals surface area contributed by atoms with Gasteiger partial charge in [-0.2, -0.15) is 9.57 Å². The van der Waals surface area contributed by atoms with E-state index in [9.17, 15) is 13.2 Å². The van der Waals surface area contributed by atoms with Crippen LogP contribution in [0.2, 0.25) is 0 Å². The van der Waals surface area contributed by atoms with Crippen molar-refractivity contribution >= 4 is 16.0 Å². The van der Waals surface area contributed by atoms with E-state index in [-0.39, 0.29) is 18.0 Å². The molecule has 1 unspecified atom stereocenters. The lowest BCUT2D eigenvalue weighted by Crippen LogP contribution is -2.30. The van der Waals surface area contributed by atoms with Crippen molar-refractivity contribution in [1.29, 1.82) is 5.26 Å². The van der Waals surface area contributed by atoms with Crippen LogP contribution in [-0.4, -0.2) is 36.9 Å². The summed E-state index contributed by atoms with van der Waals surface area (Å²) >= 11 is 0. The van der Waals surface area contributed by atoms with E-state index in [0.29, 0.717) is 12.0 Å². The number of aliphatic carboxylic acids is 1. The number of nitriles is 1. The highest BCUT2D eigenvalue weighted by Gasteiger charge is 2.35. The Morgan fingerprint density at radius 1 is 1.37 bits per heavy atom. The predicted octanol–water partition coefficient (Wildman–Crippen LogP) is 0.653. The lowest BCUT2D eigenvalue weighted by Gasteiger charge is -2.15. The van der Waals surface area contributed by atoms with Crippen molar-refractivity contribution < 1.29 is 18.3 Å². The Kier molecular flexibility index (Phi) is 3.55. The van der Waals surface area contributed by atoms with Crippen molar-refractivity contribution in [3.8, 4) is 6.07 Å². The molecule has 0 aromatic heterocycles. The van der Waals surface area contributed by atoms with E-state index in [1.54, 1.807) is 0 Å². The molecule has 1 fully saturated rings. The lowest BCUT2D eigenvalue weighted by atomic mass is 10.1. The Labute approximate surface area is 110 Å². The van der Waals surface area contributed by atoms with Crippen molar-refractivity contribution in [1.82, 2.24) is 4.31 Å². The van der Waals surface area contributed by atoms with E-state index in [4.69, 9.17) is 10.4 Å². The van der Waals surface area contributed by atoms with Gasteiger partial charge in [-0.15, -0.1) is 0 Å². The van der Waals surface area contributed by atoms with Crippen LogP contribution >= 0.6 is 0 Å². The molecule has 1 atom stereocenters. The summed E-state index contributed by atoms with van der Waals surface area (Å²) < 4.78 is 25.7. The summed E-state index contributed by atoms with van der Waals surface area (Å²) in [6, 6.07) is 7.49. The number of hydrogen-bond acceptors (Lipinski definition) is 4. The van der Waals surface area contributed by atoms with Crippen LogP contribution in [0.1, 0.15) is 12.0 Å². The standard InChI is InChI=1S/C12H12N2O4S/c13-7-9-1-3-11(4-2-9)19(17,18)14-6-5-10(8-14)12(15)16/h1-4,10H,5-6,8H2,(H,15,16). The van der Waals surface area contributed by atoms with Gasteiger partial charge < -0.3 is 5.11 Å². The van der Waals surface area contributed by atoms with E-state index < -0.39 is 21.9 Å². The van der Waals surface area contributed by atoms with Crippen LogP contribution in [0.5, 0.6) is 0 Å². The molecule has 6 nitrogen and oxygen atoms in total. The topological polar surface area (TPSA) is 98.5 Å². The van der Waals surface area contributed by atoms with Crippen molar-refractivity contribution in [2.45, 2.75) is 11.3 Å². The second kappa shape index (κ2) is 4.99. The monoisotopic (exact) mass is 280 g/mol. The van der Waals surface area contributed by atoms with Gasteiger partial charge in [-0.1, -0.05) is 0 Å². The quantitative estimate of drug-likeness (QED) is 0.876. The van der Waals surface area contributed by atoms with E-state index in [1.807, 2.05) is 6.07 Å². The maximum Gasteiger partial charge on any atom is 0.307 e. The lowest BCUT2D eigenvalue weighted by molar-refractivity contribution is -0.141. The maximum absolute atomic E-state index is 12.3. The van der Waals surface area contributed by atoms with Gasteiger partial charge in [-0.3, -0.25) is 4.79 Å². The van der Waals surface area contributed by atoms with Crippen LogP contribution in [0, 0.1) is 17.2 Å². The normalized spacial score (nSPS) is 20.1. The SMILES string of the molecule is N#Cc1ccc(S(=O)(=O)N2CCC(C(=O)O)C2)cc1. The molecule has 0 saturated carbocycles. The maximum atomic E-state index is 12.3. The summed E-state index contributed by atoms with van der Waals surface area (Å²) in [4.78, 5) is 10.9. The molecular weight excluding hydrogens is 268 g/mol. The minimum absolute atomic E-state index is 0.00231. The average Bonchev–Trinajstić information content (AvgIpc) is 2.89. The van der Waals surface area contributed by atoms with E-state index >= 15 is 0 Å². The Balaban J connectivity index is 2.23. The Morgan fingerprint density at radius 3 is 2.47 bits per heavy atom. The molecule has 100 valence electrons. The number of rotatable bonds is 3. The molecule has 1 aliphatic rings. The Hall–Kier alpha value is -1.91. The molecule has 0 amide bonds. The average molecular weight is 280 g/mol. The first-order chi connectivity index (χ1) is 8.95. The van der Waals surface area contributed by atoms with E-state index in [1.165, 1.54) is 28.6 Å². The summed E-state index contributed by atoms with van der Waals surface area (Å²) in [6.07, 6.45) is 0.324. The van der Waals surface area contributed by atoms with Gasteiger partial charge in [0.25, 0.3) is 0 Å². The van der Waals surface area contributed by atoms with Crippen LogP contribution in [-0.2, 0) is 14.8 Å². The third-order valence-corrected chi connectivity index (χ3v) is 5.00. The molecule has 0 aliphatic carbocycles. The number of carboxylic acids is 1. The Bertz CT molecular complexity index is 631.